The molecule has 0 saturated heterocycles. The molecule has 1 nitrogen and oxygen atoms in total. The fourth-order valence-electron chi connectivity index (χ4n) is 1.85. The first-order valence-electron chi connectivity index (χ1n) is 5.83. The van der Waals surface area contributed by atoms with Crippen LogP contribution in [0.1, 0.15) is 46.5 Å². The van der Waals surface area contributed by atoms with Crippen molar-refractivity contribution in [3.63, 3.8) is 0 Å². The van der Waals surface area contributed by atoms with E-state index in [4.69, 9.17) is 0 Å². The van der Waals surface area contributed by atoms with Gasteiger partial charge in [-0.05, 0) is 58.1 Å². The van der Waals surface area contributed by atoms with Crippen molar-refractivity contribution >= 4 is 0 Å². The molecule has 0 aromatic rings. The fourth-order valence-corrected chi connectivity index (χ4v) is 1.85. The second-order valence-electron chi connectivity index (χ2n) is 4.72. The number of aliphatic hydroxyl groups excluding tert-OH is 1. The van der Waals surface area contributed by atoms with Gasteiger partial charge in [0.1, 0.15) is 0 Å². The maximum atomic E-state index is 9.96. The Kier molecular flexibility index (Phi) is 4.87. The van der Waals surface area contributed by atoms with Gasteiger partial charge in [0.15, 0.2) is 0 Å². The van der Waals surface area contributed by atoms with E-state index >= 15 is 0 Å². The SMILES string of the molecule is CC1=C=CC([C@H](O)CCC=C(C)C)CC1. The van der Waals surface area contributed by atoms with E-state index in [2.05, 4.69) is 32.6 Å². The molecule has 1 aliphatic rings. The van der Waals surface area contributed by atoms with Crippen LogP contribution in [0.25, 0.3) is 0 Å². The van der Waals surface area contributed by atoms with E-state index in [9.17, 15) is 5.11 Å². The van der Waals surface area contributed by atoms with Crippen LogP contribution >= 0.6 is 0 Å². The molecule has 0 aromatic heterocycles. The summed E-state index contributed by atoms with van der Waals surface area (Å²) in [5, 5.41) is 9.96. The third-order valence-corrected chi connectivity index (χ3v) is 2.91. The molecule has 0 spiro atoms. The van der Waals surface area contributed by atoms with Crippen molar-refractivity contribution in [2.24, 2.45) is 5.92 Å². The zero-order valence-electron chi connectivity index (χ0n) is 10.1. The zero-order chi connectivity index (χ0) is 11.3. The normalized spacial score (nSPS) is 22.1. The van der Waals surface area contributed by atoms with Gasteiger partial charge in [-0.1, -0.05) is 11.6 Å². The van der Waals surface area contributed by atoms with Gasteiger partial charge in [-0.3, -0.25) is 0 Å². The summed E-state index contributed by atoms with van der Waals surface area (Å²) >= 11 is 0. The minimum atomic E-state index is -0.193. The van der Waals surface area contributed by atoms with Crippen LogP contribution in [0.15, 0.2) is 29.0 Å². The average molecular weight is 206 g/mol. The molecule has 0 fully saturated rings. The van der Waals surface area contributed by atoms with Crippen molar-refractivity contribution < 1.29 is 5.11 Å². The summed E-state index contributed by atoms with van der Waals surface area (Å²) in [5.41, 5.74) is 5.87. The Bertz CT molecular complexity index is 288. The van der Waals surface area contributed by atoms with E-state index in [1.807, 2.05) is 6.08 Å². The number of rotatable bonds is 4. The van der Waals surface area contributed by atoms with Crippen LogP contribution in [0, 0.1) is 5.92 Å². The summed E-state index contributed by atoms with van der Waals surface area (Å²) in [6.45, 7) is 6.29. The molecule has 0 radical (unpaired) electrons. The van der Waals surface area contributed by atoms with Crippen molar-refractivity contribution in [2.75, 3.05) is 0 Å². The molecule has 1 heteroatoms. The molecular weight excluding hydrogens is 184 g/mol. The van der Waals surface area contributed by atoms with E-state index in [-0.39, 0.29) is 6.10 Å². The Morgan fingerprint density at radius 2 is 2.40 bits per heavy atom. The predicted octanol–water partition coefficient (Wildman–Crippen LogP) is 3.61. The van der Waals surface area contributed by atoms with Gasteiger partial charge in [0.05, 0.1) is 6.10 Å². The first-order chi connectivity index (χ1) is 7.09. The van der Waals surface area contributed by atoms with E-state index in [0.717, 1.165) is 25.7 Å². The Labute approximate surface area is 93.2 Å². The summed E-state index contributed by atoms with van der Waals surface area (Å²) in [6, 6.07) is 0. The van der Waals surface area contributed by atoms with Gasteiger partial charge in [-0.2, -0.15) is 0 Å². The highest BCUT2D eigenvalue weighted by Crippen LogP contribution is 2.23. The summed E-state index contributed by atoms with van der Waals surface area (Å²) in [4.78, 5) is 0. The van der Waals surface area contributed by atoms with Crippen LogP contribution in [0.5, 0.6) is 0 Å². The van der Waals surface area contributed by atoms with Gasteiger partial charge in [-0.25, -0.2) is 0 Å². The third kappa shape index (κ3) is 4.51. The molecule has 1 aliphatic carbocycles. The van der Waals surface area contributed by atoms with Crippen molar-refractivity contribution in [1.29, 1.82) is 0 Å². The molecule has 0 amide bonds. The Hall–Kier alpha value is -0.780. The van der Waals surface area contributed by atoms with Crippen molar-refractivity contribution in [2.45, 2.75) is 52.6 Å². The standard InChI is InChI=1S/C14H22O/c1-11(2)5-4-6-14(15)13-9-7-12(3)8-10-13/h5,10,13-15H,4,6-7,9H2,1-3H3/t13?,14-/m1/s1. The lowest BCUT2D eigenvalue weighted by Gasteiger charge is -2.20. The molecule has 1 N–H and O–H groups in total. The molecular formula is C14H22O. The van der Waals surface area contributed by atoms with Crippen LogP contribution in [0.3, 0.4) is 0 Å². The summed E-state index contributed by atoms with van der Waals surface area (Å²) in [6.07, 6.45) is 8.06. The number of hydrogen-bond donors (Lipinski definition) is 1. The number of hydrogen-bond acceptors (Lipinski definition) is 1. The molecule has 2 atom stereocenters. The van der Waals surface area contributed by atoms with Crippen LogP contribution in [0.4, 0.5) is 0 Å². The minimum Gasteiger partial charge on any atom is -0.392 e. The third-order valence-electron chi connectivity index (χ3n) is 2.91. The zero-order valence-corrected chi connectivity index (χ0v) is 10.1. The first kappa shape index (κ1) is 12.3. The van der Waals surface area contributed by atoms with Gasteiger partial charge in [0.2, 0.25) is 0 Å². The van der Waals surface area contributed by atoms with Crippen LogP contribution < -0.4 is 0 Å². The molecule has 0 heterocycles. The van der Waals surface area contributed by atoms with Gasteiger partial charge >= 0.3 is 0 Å². The van der Waals surface area contributed by atoms with Gasteiger partial charge < -0.3 is 5.11 Å². The molecule has 84 valence electrons. The monoisotopic (exact) mass is 206 g/mol. The van der Waals surface area contributed by atoms with Gasteiger partial charge in [0, 0.05) is 5.92 Å². The van der Waals surface area contributed by atoms with Gasteiger partial charge in [0.25, 0.3) is 0 Å². The maximum absolute atomic E-state index is 9.96. The highest BCUT2D eigenvalue weighted by molar-refractivity contribution is 5.07. The Morgan fingerprint density at radius 3 is 2.93 bits per heavy atom. The number of aliphatic hydroxyl groups is 1. The lowest BCUT2D eigenvalue weighted by atomic mass is 9.89. The maximum Gasteiger partial charge on any atom is 0.0612 e. The average Bonchev–Trinajstić information content (AvgIpc) is 2.18. The second kappa shape index (κ2) is 5.95. The van der Waals surface area contributed by atoms with E-state index in [1.165, 1.54) is 11.1 Å². The summed E-state index contributed by atoms with van der Waals surface area (Å²) < 4.78 is 0. The Balaban J connectivity index is 2.38. The molecule has 1 unspecified atom stereocenters. The largest absolute Gasteiger partial charge is 0.392 e. The molecule has 0 bridgehead atoms. The summed E-state index contributed by atoms with van der Waals surface area (Å²) in [5.74, 6) is 0.319. The smallest absolute Gasteiger partial charge is 0.0612 e. The van der Waals surface area contributed by atoms with E-state index < -0.39 is 0 Å². The molecule has 0 aliphatic heterocycles. The van der Waals surface area contributed by atoms with Crippen LogP contribution in [0.2, 0.25) is 0 Å². The van der Waals surface area contributed by atoms with Crippen LogP contribution in [-0.2, 0) is 0 Å². The highest BCUT2D eigenvalue weighted by atomic mass is 16.3. The Morgan fingerprint density at radius 1 is 1.67 bits per heavy atom. The lowest BCUT2D eigenvalue weighted by molar-refractivity contribution is 0.116. The highest BCUT2D eigenvalue weighted by Gasteiger charge is 2.17. The quantitative estimate of drug-likeness (QED) is 0.550. The van der Waals surface area contributed by atoms with Crippen molar-refractivity contribution in [3.05, 3.63) is 29.0 Å². The molecule has 0 aromatic carbocycles. The molecule has 0 saturated carbocycles. The minimum absolute atomic E-state index is 0.193. The summed E-state index contributed by atoms with van der Waals surface area (Å²) in [7, 11) is 0. The molecule has 1 rings (SSSR count). The lowest BCUT2D eigenvalue weighted by Crippen LogP contribution is -2.19. The van der Waals surface area contributed by atoms with Crippen molar-refractivity contribution in [3.8, 4) is 0 Å². The van der Waals surface area contributed by atoms with Crippen LogP contribution in [-0.4, -0.2) is 11.2 Å². The topological polar surface area (TPSA) is 20.2 Å². The second-order valence-corrected chi connectivity index (χ2v) is 4.72. The predicted molar refractivity (Wildman–Crippen MR) is 64.7 cm³/mol. The van der Waals surface area contributed by atoms with E-state index in [0.29, 0.717) is 5.92 Å². The first-order valence-corrected chi connectivity index (χ1v) is 5.83. The fraction of sp³-hybridized carbons (Fsp3) is 0.643. The van der Waals surface area contributed by atoms with Crippen molar-refractivity contribution in [1.82, 2.24) is 0 Å². The van der Waals surface area contributed by atoms with Gasteiger partial charge in [-0.15, -0.1) is 5.73 Å². The van der Waals surface area contributed by atoms with E-state index in [1.54, 1.807) is 0 Å². The number of allylic oxidation sites excluding steroid dienone is 2. The molecule has 15 heavy (non-hydrogen) atoms.